The quantitative estimate of drug-likeness (QED) is 0.628. The second kappa shape index (κ2) is 5.52. The van der Waals surface area contributed by atoms with E-state index < -0.39 is 0 Å². The van der Waals surface area contributed by atoms with E-state index in [9.17, 15) is 4.39 Å². The highest BCUT2D eigenvalue weighted by molar-refractivity contribution is 5.28. The van der Waals surface area contributed by atoms with E-state index >= 15 is 0 Å². The van der Waals surface area contributed by atoms with Gasteiger partial charge in [0, 0.05) is 6.07 Å². The Morgan fingerprint density at radius 1 is 1.17 bits per heavy atom. The van der Waals surface area contributed by atoms with E-state index in [1.54, 1.807) is 24.3 Å². The lowest BCUT2D eigenvalue weighted by atomic mass is 10.0. The number of nitrogens with two attached hydrogens (primary N) is 1. The number of hydrogen-bond donors (Lipinski definition) is 2. The average molecular weight is 248 g/mol. The lowest BCUT2D eigenvalue weighted by Gasteiger charge is -2.15. The number of aromatic nitrogens is 2. The SMILES string of the molecule is COc1ccc(C(NN)c2ccc(F)cc2)nn1. The Hall–Kier alpha value is -2.05. The van der Waals surface area contributed by atoms with Gasteiger partial charge in [-0.25, -0.2) is 9.82 Å². The molecular formula is C12H13FN4O. The first kappa shape index (κ1) is 12.4. The van der Waals surface area contributed by atoms with Crippen LogP contribution in [0.2, 0.25) is 0 Å². The van der Waals surface area contributed by atoms with Gasteiger partial charge in [0.15, 0.2) is 0 Å². The lowest BCUT2D eigenvalue weighted by molar-refractivity contribution is 0.390. The molecule has 1 unspecified atom stereocenters. The van der Waals surface area contributed by atoms with E-state index in [0.717, 1.165) is 5.56 Å². The van der Waals surface area contributed by atoms with Crippen molar-refractivity contribution >= 4 is 0 Å². The van der Waals surface area contributed by atoms with Crippen LogP contribution in [0.1, 0.15) is 17.3 Å². The summed E-state index contributed by atoms with van der Waals surface area (Å²) in [5.41, 5.74) is 4.06. The van der Waals surface area contributed by atoms with Crippen molar-refractivity contribution in [2.24, 2.45) is 5.84 Å². The second-order valence-electron chi connectivity index (χ2n) is 3.65. The molecule has 1 aromatic heterocycles. The van der Waals surface area contributed by atoms with Gasteiger partial charge in [-0.3, -0.25) is 5.84 Å². The van der Waals surface area contributed by atoms with Crippen LogP contribution in [0, 0.1) is 5.82 Å². The van der Waals surface area contributed by atoms with Crippen molar-refractivity contribution in [3.63, 3.8) is 0 Å². The Bertz CT molecular complexity index is 500. The zero-order valence-electron chi connectivity index (χ0n) is 9.80. The maximum atomic E-state index is 12.9. The molecule has 0 saturated heterocycles. The largest absolute Gasteiger partial charge is 0.480 e. The molecule has 0 aliphatic heterocycles. The number of hydrazine groups is 1. The van der Waals surface area contributed by atoms with Crippen LogP contribution < -0.4 is 16.0 Å². The maximum absolute atomic E-state index is 12.9. The van der Waals surface area contributed by atoms with Gasteiger partial charge in [0.05, 0.1) is 18.8 Å². The van der Waals surface area contributed by atoms with Gasteiger partial charge in [-0.2, -0.15) is 0 Å². The molecule has 94 valence electrons. The number of nitrogens with one attached hydrogen (secondary N) is 1. The summed E-state index contributed by atoms with van der Waals surface area (Å²) in [6.45, 7) is 0. The summed E-state index contributed by atoms with van der Waals surface area (Å²) in [6.07, 6.45) is 0. The van der Waals surface area contributed by atoms with Crippen LogP contribution in [0.3, 0.4) is 0 Å². The molecule has 1 heterocycles. The zero-order chi connectivity index (χ0) is 13.0. The number of ether oxygens (including phenoxy) is 1. The third-order valence-electron chi connectivity index (χ3n) is 2.54. The summed E-state index contributed by atoms with van der Waals surface area (Å²) < 4.78 is 17.8. The standard InChI is InChI=1S/C12H13FN4O/c1-18-11-7-6-10(16-17-11)12(15-14)8-2-4-9(13)5-3-8/h2-7,12,15H,14H2,1H3. The molecule has 6 heteroatoms. The fourth-order valence-electron chi connectivity index (χ4n) is 1.60. The van der Waals surface area contributed by atoms with Crippen LogP contribution in [-0.4, -0.2) is 17.3 Å². The fourth-order valence-corrected chi connectivity index (χ4v) is 1.60. The monoisotopic (exact) mass is 248 g/mol. The van der Waals surface area contributed by atoms with Crippen molar-refractivity contribution in [2.75, 3.05) is 7.11 Å². The van der Waals surface area contributed by atoms with Gasteiger partial charge in [0.25, 0.3) is 0 Å². The minimum absolute atomic E-state index is 0.296. The molecular weight excluding hydrogens is 235 g/mol. The van der Waals surface area contributed by atoms with Gasteiger partial charge in [-0.05, 0) is 23.8 Å². The van der Waals surface area contributed by atoms with Gasteiger partial charge < -0.3 is 4.74 Å². The summed E-state index contributed by atoms with van der Waals surface area (Å²) in [6, 6.07) is 9.13. The van der Waals surface area contributed by atoms with Crippen LogP contribution in [0.4, 0.5) is 4.39 Å². The molecule has 2 aromatic rings. The Balaban J connectivity index is 2.29. The van der Waals surface area contributed by atoms with Gasteiger partial charge in [0.1, 0.15) is 5.82 Å². The van der Waals surface area contributed by atoms with Crippen molar-refractivity contribution in [1.82, 2.24) is 15.6 Å². The number of halogens is 1. The Kier molecular flexibility index (Phi) is 3.81. The molecule has 5 nitrogen and oxygen atoms in total. The van der Waals surface area contributed by atoms with Crippen molar-refractivity contribution in [2.45, 2.75) is 6.04 Å². The van der Waals surface area contributed by atoms with Crippen molar-refractivity contribution in [1.29, 1.82) is 0 Å². The molecule has 0 saturated carbocycles. The van der Waals surface area contributed by atoms with Gasteiger partial charge in [0.2, 0.25) is 5.88 Å². The average Bonchev–Trinajstić information content (AvgIpc) is 2.42. The highest BCUT2D eigenvalue weighted by atomic mass is 19.1. The topological polar surface area (TPSA) is 73.1 Å². The molecule has 0 spiro atoms. The van der Waals surface area contributed by atoms with Crippen LogP contribution >= 0.6 is 0 Å². The first-order valence-electron chi connectivity index (χ1n) is 5.34. The summed E-state index contributed by atoms with van der Waals surface area (Å²) >= 11 is 0. The summed E-state index contributed by atoms with van der Waals surface area (Å²) in [7, 11) is 1.52. The number of hydrogen-bond acceptors (Lipinski definition) is 5. The summed E-state index contributed by atoms with van der Waals surface area (Å²) in [5.74, 6) is 5.63. The zero-order valence-corrected chi connectivity index (χ0v) is 9.80. The van der Waals surface area contributed by atoms with Crippen molar-refractivity contribution in [3.8, 4) is 5.88 Å². The van der Waals surface area contributed by atoms with Gasteiger partial charge in [-0.1, -0.05) is 12.1 Å². The summed E-state index contributed by atoms with van der Waals surface area (Å²) in [4.78, 5) is 0. The molecule has 0 bridgehead atoms. The molecule has 18 heavy (non-hydrogen) atoms. The summed E-state index contributed by atoms with van der Waals surface area (Å²) in [5, 5.41) is 7.88. The van der Waals surface area contributed by atoms with E-state index in [1.165, 1.54) is 19.2 Å². The van der Waals surface area contributed by atoms with E-state index in [0.29, 0.717) is 11.6 Å². The first-order chi connectivity index (χ1) is 8.74. The smallest absolute Gasteiger partial charge is 0.233 e. The minimum atomic E-state index is -0.344. The van der Waals surface area contributed by atoms with E-state index in [2.05, 4.69) is 15.6 Å². The first-order valence-corrected chi connectivity index (χ1v) is 5.34. The molecule has 0 fully saturated rings. The molecule has 1 aromatic carbocycles. The van der Waals surface area contributed by atoms with Crippen LogP contribution in [0.5, 0.6) is 5.88 Å². The van der Waals surface area contributed by atoms with E-state index in [1.807, 2.05) is 0 Å². The van der Waals surface area contributed by atoms with Crippen LogP contribution in [0.15, 0.2) is 36.4 Å². The Morgan fingerprint density at radius 2 is 1.89 bits per heavy atom. The lowest BCUT2D eigenvalue weighted by Crippen LogP contribution is -2.29. The molecule has 0 aliphatic rings. The predicted octanol–water partition coefficient (Wildman–Crippen LogP) is 1.18. The molecule has 2 rings (SSSR count). The number of methoxy groups -OCH3 is 1. The molecule has 3 N–H and O–H groups in total. The highest BCUT2D eigenvalue weighted by Gasteiger charge is 2.14. The van der Waals surface area contributed by atoms with Crippen molar-refractivity contribution in [3.05, 3.63) is 53.5 Å². The third kappa shape index (κ3) is 2.61. The number of benzene rings is 1. The van der Waals surface area contributed by atoms with E-state index in [4.69, 9.17) is 10.6 Å². The minimum Gasteiger partial charge on any atom is -0.480 e. The third-order valence-corrected chi connectivity index (χ3v) is 2.54. The molecule has 0 amide bonds. The normalized spacial score (nSPS) is 12.2. The predicted molar refractivity (Wildman–Crippen MR) is 64.2 cm³/mol. The molecule has 1 atom stereocenters. The number of nitrogens with zero attached hydrogens (tertiary/aromatic N) is 2. The maximum Gasteiger partial charge on any atom is 0.233 e. The Morgan fingerprint density at radius 3 is 2.39 bits per heavy atom. The van der Waals surface area contributed by atoms with E-state index in [-0.39, 0.29) is 11.9 Å². The number of rotatable bonds is 4. The van der Waals surface area contributed by atoms with Crippen LogP contribution in [0.25, 0.3) is 0 Å². The van der Waals surface area contributed by atoms with Crippen LogP contribution in [-0.2, 0) is 0 Å². The fraction of sp³-hybridized carbons (Fsp3) is 0.167. The van der Waals surface area contributed by atoms with Gasteiger partial charge in [-0.15, -0.1) is 10.2 Å². The van der Waals surface area contributed by atoms with Gasteiger partial charge >= 0.3 is 0 Å². The molecule has 0 radical (unpaired) electrons. The van der Waals surface area contributed by atoms with Crippen molar-refractivity contribution < 1.29 is 9.13 Å². The second-order valence-corrected chi connectivity index (χ2v) is 3.65. The highest BCUT2D eigenvalue weighted by Crippen LogP contribution is 2.20. The Labute approximate surface area is 104 Å². The molecule has 0 aliphatic carbocycles.